The summed E-state index contributed by atoms with van der Waals surface area (Å²) in [6, 6.07) is 2.27. The number of hydrogen-bond acceptors (Lipinski definition) is 0. The van der Waals surface area contributed by atoms with Crippen LogP contribution in [0.5, 0.6) is 0 Å². The van der Waals surface area contributed by atoms with Crippen molar-refractivity contribution in [2.45, 2.75) is 71.1 Å². The molecule has 3 heteroatoms. The molecule has 0 aromatic heterocycles. The zero-order valence-corrected chi connectivity index (χ0v) is 14.7. The molecule has 1 fully saturated rings. The molecule has 0 nitrogen and oxygen atoms in total. The average molecular weight is 338 g/mol. The molecule has 0 aliphatic heterocycles. The quantitative estimate of drug-likeness (QED) is 0.272. The molecule has 1 aromatic carbocycles. The smallest absolute Gasteiger partial charge is 0.194 e. The first kappa shape index (κ1) is 19.1. The van der Waals surface area contributed by atoms with Gasteiger partial charge in [0.05, 0.1) is 0 Å². The van der Waals surface area contributed by atoms with Crippen molar-refractivity contribution in [3.8, 4) is 0 Å². The summed E-state index contributed by atoms with van der Waals surface area (Å²) in [6.07, 6.45) is 16.0. The van der Waals surface area contributed by atoms with E-state index in [0.717, 1.165) is 30.9 Å². The molecule has 1 saturated carbocycles. The van der Waals surface area contributed by atoms with E-state index in [1.807, 2.05) is 0 Å². The topological polar surface area (TPSA) is 0 Å². The molecule has 134 valence electrons. The Kier molecular flexibility index (Phi) is 7.87. The van der Waals surface area contributed by atoms with Crippen LogP contribution in [0.2, 0.25) is 0 Å². The van der Waals surface area contributed by atoms with E-state index < -0.39 is 17.5 Å². The zero-order chi connectivity index (χ0) is 17.4. The Morgan fingerprint density at radius 1 is 0.917 bits per heavy atom. The first-order chi connectivity index (χ1) is 11.6. The molecule has 1 aliphatic rings. The van der Waals surface area contributed by atoms with Gasteiger partial charge in [-0.2, -0.15) is 0 Å². The van der Waals surface area contributed by atoms with E-state index in [1.54, 1.807) is 0 Å². The van der Waals surface area contributed by atoms with E-state index in [-0.39, 0.29) is 0 Å². The molecular weight excluding hydrogens is 309 g/mol. The van der Waals surface area contributed by atoms with Crippen LogP contribution in [0.3, 0.4) is 0 Å². The minimum absolute atomic E-state index is 0.566. The molecule has 0 bridgehead atoms. The maximum absolute atomic E-state index is 13.2. The second-order valence-corrected chi connectivity index (χ2v) is 7.11. The van der Waals surface area contributed by atoms with Gasteiger partial charge < -0.3 is 0 Å². The molecule has 0 heterocycles. The van der Waals surface area contributed by atoms with Gasteiger partial charge >= 0.3 is 0 Å². The summed E-state index contributed by atoms with van der Waals surface area (Å²) in [5.74, 6) is -2.04. The van der Waals surface area contributed by atoms with Crippen LogP contribution in [-0.4, -0.2) is 0 Å². The SMILES string of the molecule is CCC=CCCCC1CCC(CCc2cc(F)c(F)c(F)c2)CC1. The molecule has 24 heavy (non-hydrogen) atoms. The van der Waals surface area contributed by atoms with Crippen LogP contribution >= 0.6 is 0 Å². The lowest BCUT2D eigenvalue weighted by molar-refractivity contribution is 0.250. The van der Waals surface area contributed by atoms with Crippen molar-refractivity contribution in [1.29, 1.82) is 0 Å². The van der Waals surface area contributed by atoms with Crippen molar-refractivity contribution in [1.82, 2.24) is 0 Å². The minimum atomic E-state index is -1.37. The van der Waals surface area contributed by atoms with Crippen LogP contribution < -0.4 is 0 Å². The van der Waals surface area contributed by atoms with Gasteiger partial charge in [-0.05, 0) is 61.6 Å². The molecule has 0 N–H and O–H groups in total. The fraction of sp³-hybridized carbons (Fsp3) is 0.619. The minimum Gasteiger partial charge on any atom is -0.204 e. The van der Waals surface area contributed by atoms with Crippen LogP contribution in [0.4, 0.5) is 13.2 Å². The summed E-state index contributed by atoms with van der Waals surface area (Å²) in [5.41, 5.74) is 0.566. The molecular formula is C21H29F3. The highest BCUT2D eigenvalue weighted by molar-refractivity contribution is 5.19. The second-order valence-electron chi connectivity index (χ2n) is 7.11. The Balaban J connectivity index is 1.67. The molecule has 1 aliphatic carbocycles. The number of rotatable bonds is 8. The highest BCUT2D eigenvalue weighted by atomic mass is 19.2. The number of hydrogen-bond donors (Lipinski definition) is 0. The lowest BCUT2D eigenvalue weighted by Gasteiger charge is -2.28. The van der Waals surface area contributed by atoms with Gasteiger partial charge in [0.25, 0.3) is 0 Å². The molecule has 2 rings (SSSR count). The first-order valence-corrected chi connectivity index (χ1v) is 9.38. The maximum Gasteiger partial charge on any atom is 0.194 e. The summed E-state index contributed by atoms with van der Waals surface area (Å²) < 4.78 is 39.4. The Labute approximate surface area is 144 Å². The normalized spacial score (nSPS) is 21.5. The Hall–Kier alpha value is -1.25. The monoisotopic (exact) mass is 338 g/mol. The van der Waals surface area contributed by atoms with E-state index in [2.05, 4.69) is 19.1 Å². The predicted octanol–water partition coefficient (Wildman–Crippen LogP) is 6.98. The van der Waals surface area contributed by atoms with Gasteiger partial charge in [0.1, 0.15) is 0 Å². The van der Waals surface area contributed by atoms with Gasteiger partial charge in [0.15, 0.2) is 17.5 Å². The molecule has 0 radical (unpaired) electrons. The van der Waals surface area contributed by atoms with Crippen LogP contribution in [-0.2, 0) is 6.42 Å². The van der Waals surface area contributed by atoms with Crippen molar-refractivity contribution in [3.63, 3.8) is 0 Å². The van der Waals surface area contributed by atoms with E-state index in [0.29, 0.717) is 17.9 Å². The fourth-order valence-corrected chi connectivity index (χ4v) is 3.74. The third-order valence-corrected chi connectivity index (χ3v) is 5.24. The Morgan fingerprint density at radius 3 is 2.08 bits per heavy atom. The van der Waals surface area contributed by atoms with Crippen molar-refractivity contribution >= 4 is 0 Å². The van der Waals surface area contributed by atoms with Crippen molar-refractivity contribution in [2.75, 3.05) is 0 Å². The van der Waals surface area contributed by atoms with Crippen LogP contribution in [0.25, 0.3) is 0 Å². The predicted molar refractivity (Wildman–Crippen MR) is 93.4 cm³/mol. The highest BCUT2D eigenvalue weighted by Gasteiger charge is 2.21. The molecule has 0 saturated heterocycles. The number of benzene rings is 1. The molecule has 0 unspecified atom stereocenters. The first-order valence-electron chi connectivity index (χ1n) is 9.38. The summed E-state index contributed by atoms with van der Waals surface area (Å²) in [6.45, 7) is 2.16. The van der Waals surface area contributed by atoms with Gasteiger partial charge in [-0.15, -0.1) is 0 Å². The second kappa shape index (κ2) is 9.90. The molecule has 0 atom stereocenters. The Morgan fingerprint density at radius 2 is 1.50 bits per heavy atom. The Bertz CT molecular complexity index is 505. The van der Waals surface area contributed by atoms with Gasteiger partial charge in [-0.3, -0.25) is 0 Å². The van der Waals surface area contributed by atoms with Crippen molar-refractivity contribution < 1.29 is 13.2 Å². The fourth-order valence-electron chi connectivity index (χ4n) is 3.74. The van der Waals surface area contributed by atoms with E-state index >= 15 is 0 Å². The van der Waals surface area contributed by atoms with Crippen molar-refractivity contribution in [3.05, 3.63) is 47.3 Å². The third kappa shape index (κ3) is 5.99. The largest absolute Gasteiger partial charge is 0.204 e. The lowest BCUT2D eigenvalue weighted by Crippen LogP contribution is -2.15. The number of halogens is 3. The van der Waals surface area contributed by atoms with Gasteiger partial charge in [-0.1, -0.05) is 51.2 Å². The highest BCUT2D eigenvalue weighted by Crippen LogP contribution is 2.34. The van der Waals surface area contributed by atoms with Gasteiger partial charge in [0.2, 0.25) is 0 Å². The third-order valence-electron chi connectivity index (χ3n) is 5.24. The standard InChI is InChI=1S/C21H29F3/c1-2-3-4-5-6-7-16-8-10-17(11-9-16)12-13-18-14-19(22)21(24)20(23)15-18/h3-4,14-17H,2,5-13H2,1H3. The van der Waals surface area contributed by atoms with Gasteiger partial charge in [-0.25, -0.2) is 13.2 Å². The van der Waals surface area contributed by atoms with Crippen LogP contribution in [0, 0.1) is 29.3 Å². The number of allylic oxidation sites excluding steroid dienone is 2. The summed E-state index contributed by atoms with van der Waals surface area (Å²) >= 11 is 0. The lowest BCUT2D eigenvalue weighted by atomic mass is 9.78. The zero-order valence-electron chi connectivity index (χ0n) is 14.7. The summed E-state index contributed by atoms with van der Waals surface area (Å²) in [4.78, 5) is 0. The van der Waals surface area contributed by atoms with E-state index in [9.17, 15) is 13.2 Å². The van der Waals surface area contributed by atoms with E-state index in [4.69, 9.17) is 0 Å². The van der Waals surface area contributed by atoms with Crippen molar-refractivity contribution in [2.24, 2.45) is 11.8 Å². The number of aryl methyl sites for hydroxylation is 1. The average Bonchev–Trinajstić information content (AvgIpc) is 2.58. The summed E-state index contributed by atoms with van der Waals surface area (Å²) in [7, 11) is 0. The molecule has 1 aromatic rings. The maximum atomic E-state index is 13.2. The molecule has 0 spiro atoms. The van der Waals surface area contributed by atoms with Crippen LogP contribution in [0.1, 0.15) is 70.3 Å². The van der Waals surface area contributed by atoms with Crippen LogP contribution in [0.15, 0.2) is 24.3 Å². The number of unbranched alkanes of at least 4 members (excludes halogenated alkanes) is 1. The van der Waals surface area contributed by atoms with E-state index in [1.165, 1.54) is 44.9 Å². The molecule has 0 amide bonds. The van der Waals surface area contributed by atoms with Gasteiger partial charge in [0, 0.05) is 0 Å². The summed E-state index contributed by atoms with van der Waals surface area (Å²) in [5, 5.41) is 0.